The summed E-state index contributed by atoms with van der Waals surface area (Å²) in [4.78, 5) is 38.6. The Morgan fingerprint density at radius 2 is 1.56 bits per heavy atom. The molecule has 0 unspecified atom stereocenters. The third-order valence-electron chi connectivity index (χ3n) is 12.1. The van der Waals surface area contributed by atoms with Crippen molar-refractivity contribution in [1.82, 2.24) is 0 Å². The van der Waals surface area contributed by atoms with Crippen molar-refractivity contribution >= 4 is 17.5 Å². The van der Waals surface area contributed by atoms with Crippen LogP contribution in [0.2, 0.25) is 0 Å². The molecule has 4 fully saturated rings. The molecule has 5 rings (SSSR count). The first-order chi connectivity index (χ1) is 15.6. The first-order valence-electron chi connectivity index (χ1n) is 13.3. The van der Waals surface area contributed by atoms with Gasteiger partial charge in [-0.25, -0.2) is 0 Å². The Balaban J connectivity index is 1.67. The normalized spacial score (nSPS) is 46.8. The van der Waals surface area contributed by atoms with E-state index in [1.807, 2.05) is 13.8 Å². The molecule has 0 aliphatic heterocycles. The molecule has 1 N–H and O–H groups in total. The number of hydrogen-bond donors (Lipinski definition) is 1. The molecule has 0 aromatic heterocycles. The molecule has 0 bridgehead atoms. The van der Waals surface area contributed by atoms with Crippen molar-refractivity contribution in [1.29, 1.82) is 0 Å². The maximum absolute atomic E-state index is 13.0. The van der Waals surface area contributed by atoms with Crippen molar-refractivity contribution < 1.29 is 19.5 Å². The van der Waals surface area contributed by atoms with E-state index in [2.05, 4.69) is 46.8 Å². The number of carboxylic acid groups (broad SMARTS) is 1. The minimum Gasteiger partial charge on any atom is -0.481 e. The summed E-state index contributed by atoms with van der Waals surface area (Å²) >= 11 is 0. The Morgan fingerprint density at radius 1 is 0.882 bits per heavy atom. The molecule has 0 saturated heterocycles. The zero-order valence-corrected chi connectivity index (χ0v) is 22.1. The largest absolute Gasteiger partial charge is 0.481 e. The van der Waals surface area contributed by atoms with Crippen molar-refractivity contribution in [3.63, 3.8) is 0 Å². The molecular formula is C30H42O4. The predicted octanol–water partition coefficient (Wildman–Crippen LogP) is 6.54. The molecule has 5 aliphatic rings. The molecule has 4 saturated carbocycles. The van der Waals surface area contributed by atoms with E-state index in [4.69, 9.17) is 0 Å². The average Bonchev–Trinajstić information content (AvgIpc) is 2.72. The van der Waals surface area contributed by atoms with Gasteiger partial charge in [0, 0.05) is 23.7 Å². The number of carbonyl (C=O) groups excluding carboxylic acids is 2. The molecular weight excluding hydrogens is 424 g/mol. The molecule has 4 heteroatoms. The smallest absolute Gasteiger partial charge is 0.310 e. The van der Waals surface area contributed by atoms with Crippen LogP contribution in [-0.4, -0.2) is 22.6 Å². The van der Waals surface area contributed by atoms with Crippen molar-refractivity contribution in [3.8, 4) is 0 Å². The summed E-state index contributed by atoms with van der Waals surface area (Å²) in [5, 5.41) is 10.4. The van der Waals surface area contributed by atoms with E-state index in [0.717, 1.165) is 25.7 Å². The van der Waals surface area contributed by atoms with E-state index in [9.17, 15) is 19.5 Å². The lowest BCUT2D eigenvalue weighted by molar-refractivity contribution is -0.168. The molecule has 5 aliphatic carbocycles. The first-order valence-corrected chi connectivity index (χ1v) is 13.3. The number of carboxylic acids is 1. The number of fused-ring (bicyclic) bond motifs is 7. The number of carbonyl (C=O) groups is 3. The number of ketones is 2. The second kappa shape index (κ2) is 6.73. The summed E-state index contributed by atoms with van der Waals surface area (Å²) < 4.78 is 0. The van der Waals surface area contributed by atoms with Gasteiger partial charge in [-0.1, -0.05) is 71.8 Å². The fraction of sp³-hybridized carbons (Fsp3) is 0.767. The number of hydrogen-bond acceptors (Lipinski definition) is 3. The molecule has 0 heterocycles. The van der Waals surface area contributed by atoms with Gasteiger partial charge >= 0.3 is 5.97 Å². The highest BCUT2D eigenvalue weighted by Gasteiger charge is 2.68. The Bertz CT molecular complexity index is 1060. The maximum Gasteiger partial charge on any atom is 0.310 e. The Labute approximate surface area is 204 Å². The summed E-state index contributed by atoms with van der Waals surface area (Å²) in [7, 11) is 0. The number of Topliss-reactive ketones (excluding diaryl/α,β-unsaturated/α-hetero) is 2. The van der Waals surface area contributed by atoms with E-state index < -0.39 is 16.8 Å². The monoisotopic (exact) mass is 466 g/mol. The predicted molar refractivity (Wildman–Crippen MR) is 132 cm³/mol. The van der Waals surface area contributed by atoms with Crippen LogP contribution in [0, 0.1) is 44.3 Å². The quantitative estimate of drug-likeness (QED) is 0.476. The highest BCUT2D eigenvalue weighted by Crippen LogP contribution is 2.74. The number of rotatable bonds is 1. The summed E-state index contributed by atoms with van der Waals surface area (Å²) in [6.45, 7) is 15.5. The van der Waals surface area contributed by atoms with Crippen molar-refractivity contribution in [2.24, 2.45) is 44.3 Å². The fourth-order valence-corrected chi connectivity index (χ4v) is 9.55. The zero-order chi connectivity index (χ0) is 25.1. The molecule has 34 heavy (non-hydrogen) atoms. The minimum atomic E-state index is -0.972. The Morgan fingerprint density at radius 3 is 2.21 bits per heavy atom. The first kappa shape index (κ1) is 24.0. The lowest BCUT2D eigenvalue weighted by Gasteiger charge is -2.67. The molecule has 0 aromatic rings. The van der Waals surface area contributed by atoms with Gasteiger partial charge in [0.25, 0.3) is 0 Å². The van der Waals surface area contributed by atoms with E-state index in [1.165, 1.54) is 11.1 Å². The molecule has 186 valence electrons. The Hall–Kier alpha value is -1.71. The average molecular weight is 467 g/mol. The highest BCUT2D eigenvalue weighted by atomic mass is 16.4. The molecule has 0 spiro atoms. The van der Waals surface area contributed by atoms with E-state index in [1.54, 1.807) is 0 Å². The summed E-state index contributed by atoms with van der Waals surface area (Å²) in [5.74, 6) is -0.0772. The summed E-state index contributed by atoms with van der Waals surface area (Å²) in [6, 6.07) is 0. The van der Waals surface area contributed by atoms with Crippen LogP contribution >= 0.6 is 0 Å². The number of aliphatic carboxylic acids is 1. The Kier molecular flexibility index (Phi) is 4.75. The minimum absolute atomic E-state index is 0.0153. The number of allylic oxidation sites excluding steroid dienone is 4. The standard InChI is InChI=1S/C30H42O4/c1-25(2)16-19-18-8-9-21-27(5)12-11-22(31)26(3,4)20(27)10-13-29(21,7)28(18,6)14-15-30(19,24(33)34)17-23(25)32/h8-9,19-20H,10-17H2,1-7H3,(H,33,34)/t19-,20+,27+,28-,29-,30-/m1/s1. The lowest BCUT2D eigenvalue weighted by atomic mass is 9.36. The van der Waals surface area contributed by atoms with Gasteiger partial charge in [-0.2, -0.15) is 0 Å². The van der Waals surface area contributed by atoms with Gasteiger partial charge < -0.3 is 5.11 Å². The van der Waals surface area contributed by atoms with Gasteiger partial charge in [0.2, 0.25) is 0 Å². The van der Waals surface area contributed by atoms with Crippen LogP contribution in [0.1, 0.15) is 99.8 Å². The van der Waals surface area contributed by atoms with Gasteiger partial charge in [0.1, 0.15) is 11.6 Å². The SMILES string of the molecule is CC1(C)C[C@@H]2C3=CC=C4[C@@]5(C)CCC(=O)C(C)(C)[C@@H]5CC[C@@]4(C)[C@]3(C)CC[C@@]2(C(=O)O)CC1=O. The second-order valence-electron chi connectivity index (χ2n) is 14.2. The van der Waals surface area contributed by atoms with Gasteiger partial charge in [0.15, 0.2) is 0 Å². The van der Waals surface area contributed by atoms with Crippen LogP contribution in [-0.2, 0) is 14.4 Å². The third-order valence-corrected chi connectivity index (χ3v) is 12.1. The maximum atomic E-state index is 13.0. The molecule has 0 aromatic carbocycles. The molecule has 0 amide bonds. The van der Waals surface area contributed by atoms with Crippen molar-refractivity contribution in [2.75, 3.05) is 0 Å². The summed E-state index contributed by atoms with van der Waals surface area (Å²) in [5.41, 5.74) is 0.770. The van der Waals surface area contributed by atoms with E-state index in [-0.39, 0.29) is 39.8 Å². The van der Waals surface area contributed by atoms with Crippen LogP contribution < -0.4 is 0 Å². The van der Waals surface area contributed by atoms with Crippen molar-refractivity contribution in [3.05, 3.63) is 23.3 Å². The van der Waals surface area contributed by atoms with Crippen LogP contribution in [0.4, 0.5) is 0 Å². The van der Waals surface area contributed by atoms with Crippen LogP contribution in [0.15, 0.2) is 23.3 Å². The second-order valence-corrected chi connectivity index (χ2v) is 14.2. The molecule has 4 nitrogen and oxygen atoms in total. The highest BCUT2D eigenvalue weighted by molar-refractivity contribution is 5.92. The van der Waals surface area contributed by atoms with Gasteiger partial charge in [-0.3, -0.25) is 14.4 Å². The van der Waals surface area contributed by atoms with Crippen LogP contribution in [0.25, 0.3) is 0 Å². The lowest BCUT2D eigenvalue weighted by Crippen LogP contribution is -2.62. The zero-order valence-electron chi connectivity index (χ0n) is 22.1. The summed E-state index contributed by atoms with van der Waals surface area (Å²) in [6.07, 6.45) is 10.3. The molecule has 6 atom stereocenters. The van der Waals surface area contributed by atoms with Crippen molar-refractivity contribution in [2.45, 2.75) is 99.8 Å². The van der Waals surface area contributed by atoms with E-state index >= 15 is 0 Å². The van der Waals surface area contributed by atoms with Crippen LogP contribution in [0.3, 0.4) is 0 Å². The third kappa shape index (κ3) is 2.64. The molecule has 0 radical (unpaired) electrons. The van der Waals surface area contributed by atoms with Gasteiger partial charge in [-0.15, -0.1) is 0 Å². The fourth-order valence-electron chi connectivity index (χ4n) is 9.55. The topological polar surface area (TPSA) is 71.4 Å². The van der Waals surface area contributed by atoms with Crippen LogP contribution in [0.5, 0.6) is 0 Å². The van der Waals surface area contributed by atoms with E-state index in [0.29, 0.717) is 31.0 Å². The van der Waals surface area contributed by atoms with Gasteiger partial charge in [0.05, 0.1) is 5.41 Å². The van der Waals surface area contributed by atoms with Gasteiger partial charge in [-0.05, 0) is 66.6 Å².